The zero-order valence-corrected chi connectivity index (χ0v) is 13.8. The van der Waals surface area contributed by atoms with Gasteiger partial charge in [0, 0.05) is 50.7 Å². The van der Waals surface area contributed by atoms with E-state index in [9.17, 15) is 0 Å². The zero-order valence-electron chi connectivity index (χ0n) is 13.8. The van der Waals surface area contributed by atoms with Crippen LogP contribution in [0.2, 0.25) is 0 Å². The normalized spacial score (nSPS) is 25.0. The molecule has 23 heavy (non-hydrogen) atoms. The Morgan fingerprint density at radius 1 is 1.30 bits per heavy atom. The third kappa shape index (κ3) is 3.37. The van der Waals surface area contributed by atoms with Gasteiger partial charge < -0.3 is 19.7 Å². The molecule has 2 saturated heterocycles. The number of nitrogens with zero attached hydrogens (tertiary/aromatic N) is 2. The lowest BCUT2D eigenvalue weighted by Gasteiger charge is -2.41. The molecule has 1 aromatic heterocycles. The fourth-order valence-corrected chi connectivity index (χ4v) is 4.03. The first-order valence-electron chi connectivity index (χ1n) is 9.01. The van der Waals surface area contributed by atoms with Crippen molar-refractivity contribution in [2.45, 2.75) is 38.3 Å². The molecule has 5 nitrogen and oxygen atoms in total. The predicted molar refractivity (Wildman–Crippen MR) is 89.8 cm³/mol. The minimum atomic E-state index is 0.613. The summed E-state index contributed by atoms with van der Waals surface area (Å²) < 4.78 is 11.5. The fraction of sp³-hybridized carbons (Fsp3) is 0.722. The maximum Gasteiger partial charge on any atom is 0.132 e. The molecule has 0 aliphatic carbocycles. The van der Waals surface area contributed by atoms with Gasteiger partial charge in [0.05, 0.1) is 13.2 Å². The van der Waals surface area contributed by atoms with E-state index in [1.54, 1.807) is 0 Å². The molecule has 0 spiro atoms. The molecule has 0 aromatic carbocycles. The summed E-state index contributed by atoms with van der Waals surface area (Å²) in [6, 6.07) is 2.76. The van der Waals surface area contributed by atoms with Crippen LogP contribution < -0.4 is 10.2 Å². The minimum Gasteiger partial charge on any atom is -0.381 e. The summed E-state index contributed by atoms with van der Waals surface area (Å²) in [6.45, 7) is 6.58. The lowest BCUT2D eigenvalue weighted by Crippen LogP contribution is -2.53. The van der Waals surface area contributed by atoms with Crippen molar-refractivity contribution in [1.29, 1.82) is 0 Å². The zero-order chi connectivity index (χ0) is 15.5. The van der Waals surface area contributed by atoms with E-state index in [4.69, 9.17) is 9.47 Å². The Kier molecular flexibility index (Phi) is 4.78. The molecule has 3 aliphatic heterocycles. The molecule has 1 aromatic rings. The highest BCUT2D eigenvalue weighted by Crippen LogP contribution is 2.32. The van der Waals surface area contributed by atoms with Crippen molar-refractivity contribution in [2.75, 3.05) is 44.4 Å². The summed E-state index contributed by atoms with van der Waals surface area (Å²) in [5.74, 6) is 1.87. The molecule has 5 heteroatoms. The highest BCUT2D eigenvalue weighted by atomic mass is 16.5. The second kappa shape index (κ2) is 7.16. The first-order valence-corrected chi connectivity index (χ1v) is 9.01. The number of fused-ring (bicyclic) bond motifs is 3. The van der Waals surface area contributed by atoms with Crippen LogP contribution in [0.15, 0.2) is 12.3 Å². The fourth-order valence-electron chi connectivity index (χ4n) is 4.03. The lowest BCUT2D eigenvalue weighted by molar-refractivity contribution is 0.0155. The van der Waals surface area contributed by atoms with E-state index < -0.39 is 0 Å². The molecule has 0 saturated carbocycles. The van der Waals surface area contributed by atoms with Crippen LogP contribution in [0.4, 0.5) is 5.82 Å². The molecule has 3 aliphatic rings. The van der Waals surface area contributed by atoms with E-state index in [1.807, 2.05) is 6.20 Å². The van der Waals surface area contributed by atoms with Crippen LogP contribution in [0.25, 0.3) is 0 Å². The van der Waals surface area contributed by atoms with E-state index >= 15 is 0 Å². The summed E-state index contributed by atoms with van der Waals surface area (Å²) in [5, 5.41) is 3.50. The van der Waals surface area contributed by atoms with Gasteiger partial charge in [0.1, 0.15) is 5.82 Å². The Hall–Kier alpha value is -1.17. The topological polar surface area (TPSA) is 46.6 Å². The predicted octanol–water partition coefficient (Wildman–Crippen LogP) is 1.75. The van der Waals surface area contributed by atoms with Gasteiger partial charge in [-0.05, 0) is 43.2 Å². The van der Waals surface area contributed by atoms with Crippen LogP contribution >= 0.6 is 0 Å². The molecule has 1 atom stereocenters. The Morgan fingerprint density at radius 2 is 2.22 bits per heavy atom. The second-order valence-corrected chi connectivity index (χ2v) is 6.93. The van der Waals surface area contributed by atoms with Crippen LogP contribution in [0.5, 0.6) is 0 Å². The van der Waals surface area contributed by atoms with Crippen molar-refractivity contribution in [3.8, 4) is 0 Å². The number of hydrogen-bond acceptors (Lipinski definition) is 5. The first-order chi connectivity index (χ1) is 11.4. The van der Waals surface area contributed by atoms with Gasteiger partial charge in [0.15, 0.2) is 0 Å². The largest absolute Gasteiger partial charge is 0.381 e. The molecule has 0 unspecified atom stereocenters. The highest BCUT2D eigenvalue weighted by Gasteiger charge is 2.30. The lowest BCUT2D eigenvalue weighted by atomic mass is 9.94. The van der Waals surface area contributed by atoms with E-state index in [-0.39, 0.29) is 0 Å². The Labute approximate surface area is 138 Å². The standard InChI is InChI=1S/C18H27N3O2/c1-2-17-15(13-23-12-14-4-9-22-10-5-14)3-6-20-18(17)21-8-7-19-11-16(1)21/h3,6,14,16,19H,1-2,4-5,7-13H2/t16-/m1/s1. The van der Waals surface area contributed by atoms with E-state index in [1.165, 1.54) is 23.4 Å². The molecular formula is C18H27N3O2. The Bertz CT molecular complexity index is 531. The van der Waals surface area contributed by atoms with Crippen LogP contribution in [0.3, 0.4) is 0 Å². The maximum atomic E-state index is 6.05. The molecule has 1 N–H and O–H groups in total. The molecule has 0 amide bonds. The SMILES string of the molecule is c1cc(COCC2CCOCC2)c2c(n1)N1CCNC[C@H]1CC2. The summed E-state index contributed by atoms with van der Waals surface area (Å²) >= 11 is 0. The van der Waals surface area contributed by atoms with Crippen molar-refractivity contribution < 1.29 is 9.47 Å². The van der Waals surface area contributed by atoms with Crippen molar-refractivity contribution >= 4 is 5.82 Å². The monoisotopic (exact) mass is 317 g/mol. The van der Waals surface area contributed by atoms with Gasteiger partial charge in [0.2, 0.25) is 0 Å². The average molecular weight is 317 g/mol. The summed E-state index contributed by atoms with van der Waals surface area (Å²) in [6.07, 6.45) is 6.57. The van der Waals surface area contributed by atoms with Gasteiger partial charge in [-0.25, -0.2) is 4.98 Å². The molecule has 126 valence electrons. The minimum absolute atomic E-state index is 0.613. The number of aromatic nitrogens is 1. The van der Waals surface area contributed by atoms with Gasteiger partial charge in [-0.3, -0.25) is 0 Å². The van der Waals surface area contributed by atoms with Crippen molar-refractivity contribution in [1.82, 2.24) is 10.3 Å². The van der Waals surface area contributed by atoms with Crippen molar-refractivity contribution in [3.05, 3.63) is 23.4 Å². The number of pyridine rings is 1. The van der Waals surface area contributed by atoms with Gasteiger partial charge in [0.25, 0.3) is 0 Å². The third-order valence-corrected chi connectivity index (χ3v) is 5.43. The van der Waals surface area contributed by atoms with Crippen LogP contribution in [0.1, 0.15) is 30.4 Å². The second-order valence-electron chi connectivity index (χ2n) is 6.93. The van der Waals surface area contributed by atoms with Gasteiger partial charge in [-0.15, -0.1) is 0 Å². The van der Waals surface area contributed by atoms with E-state index in [2.05, 4.69) is 21.3 Å². The smallest absolute Gasteiger partial charge is 0.132 e. The third-order valence-electron chi connectivity index (χ3n) is 5.43. The molecule has 2 fully saturated rings. The van der Waals surface area contributed by atoms with Crippen molar-refractivity contribution in [3.63, 3.8) is 0 Å². The van der Waals surface area contributed by atoms with E-state index in [0.717, 1.165) is 65.3 Å². The molecule has 0 bridgehead atoms. The number of nitrogens with one attached hydrogen (secondary N) is 1. The molecular weight excluding hydrogens is 290 g/mol. The van der Waals surface area contributed by atoms with Crippen LogP contribution in [0, 0.1) is 5.92 Å². The number of hydrogen-bond donors (Lipinski definition) is 1. The van der Waals surface area contributed by atoms with Crippen LogP contribution in [-0.2, 0) is 22.5 Å². The van der Waals surface area contributed by atoms with E-state index in [0.29, 0.717) is 12.0 Å². The molecule has 4 rings (SSSR count). The summed E-state index contributed by atoms with van der Waals surface area (Å²) in [7, 11) is 0. The van der Waals surface area contributed by atoms with Gasteiger partial charge in [-0.1, -0.05) is 0 Å². The van der Waals surface area contributed by atoms with Gasteiger partial charge in [-0.2, -0.15) is 0 Å². The van der Waals surface area contributed by atoms with Crippen molar-refractivity contribution in [2.24, 2.45) is 5.92 Å². The number of piperazine rings is 1. The first kappa shape index (κ1) is 15.4. The summed E-state index contributed by atoms with van der Waals surface area (Å²) in [4.78, 5) is 7.19. The molecule has 4 heterocycles. The quantitative estimate of drug-likeness (QED) is 0.917. The van der Waals surface area contributed by atoms with Gasteiger partial charge >= 0.3 is 0 Å². The van der Waals surface area contributed by atoms with Crippen LogP contribution in [-0.4, -0.2) is 50.5 Å². The summed E-state index contributed by atoms with van der Waals surface area (Å²) in [5.41, 5.74) is 2.75. The Morgan fingerprint density at radius 3 is 3.13 bits per heavy atom. The molecule has 0 radical (unpaired) electrons. The number of ether oxygens (including phenoxy) is 2. The highest BCUT2D eigenvalue weighted by molar-refractivity contribution is 5.54. The maximum absolute atomic E-state index is 6.05. The number of anilines is 1. The average Bonchev–Trinajstić information content (AvgIpc) is 2.62. The Balaban J connectivity index is 1.41. The number of rotatable bonds is 4.